The average Bonchev–Trinajstić information content (AvgIpc) is 3.39. The van der Waals surface area contributed by atoms with Gasteiger partial charge in [-0.05, 0) is 40.8 Å². The highest BCUT2D eigenvalue weighted by Gasteiger charge is 2.14. The molecule has 6 heteroatoms. The molecule has 0 aliphatic rings. The Morgan fingerprint density at radius 1 is 0.909 bits per heavy atom. The van der Waals surface area contributed by atoms with Gasteiger partial charge in [0, 0.05) is 24.2 Å². The summed E-state index contributed by atoms with van der Waals surface area (Å²) in [5.41, 5.74) is 4.20. The minimum atomic E-state index is -0.133. The molecule has 0 radical (unpaired) electrons. The Hall–Kier alpha value is -4.03. The summed E-state index contributed by atoms with van der Waals surface area (Å²) in [6.45, 7) is 0.927. The summed E-state index contributed by atoms with van der Waals surface area (Å²) in [4.78, 5) is 30.8. The summed E-state index contributed by atoms with van der Waals surface area (Å²) in [5, 5.41) is 5.88. The van der Waals surface area contributed by atoms with Crippen molar-refractivity contribution in [1.82, 2.24) is 14.9 Å². The van der Waals surface area contributed by atoms with Crippen LogP contribution >= 0.6 is 11.3 Å². The van der Waals surface area contributed by atoms with Crippen molar-refractivity contribution < 1.29 is 4.79 Å². The summed E-state index contributed by atoms with van der Waals surface area (Å²) in [6.07, 6.45) is 1.78. The van der Waals surface area contributed by atoms with E-state index < -0.39 is 0 Å². The zero-order valence-corrected chi connectivity index (χ0v) is 18.6. The van der Waals surface area contributed by atoms with Crippen molar-refractivity contribution in [2.75, 3.05) is 0 Å². The second-order valence-electron chi connectivity index (χ2n) is 7.72. The fourth-order valence-corrected chi connectivity index (χ4v) is 4.43. The Morgan fingerprint density at radius 3 is 2.48 bits per heavy atom. The SMILES string of the molecule is O=C(NCc1ccc(Cn2ccccc2=O)cc1)c1cc(-c2cccs2)nc2ccccc12. The fraction of sp³-hybridized carbons (Fsp3) is 0.0741. The number of nitrogens with zero attached hydrogens (tertiary/aromatic N) is 2. The molecule has 0 atom stereocenters. The van der Waals surface area contributed by atoms with E-state index in [4.69, 9.17) is 4.98 Å². The van der Waals surface area contributed by atoms with Crippen LogP contribution in [0.5, 0.6) is 0 Å². The predicted octanol–water partition coefficient (Wildman–Crippen LogP) is 5.10. The first-order valence-electron chi connectivity index (χ1n) is 10.6. The first-order valence-corrected chi connectivity index (χ1v) is 11.5. The number of carbonyl (C=O) groups excluding carboxylic acids is 1. The van der Waals surface area contributed by atoms with Crippen molar-refractivity contribution in [2.45, 2.75) is 13.1 Å². The number of nitrogens with one attached hydrogen (secondary N) is 1. The van der Waals surface area contributed by atoms with E-state index in [0.29, 0.717) is 18.7 Å². The number of carbonyl (C=O) groups is 1. The first kappa shape index (κ1) is 20.8. The van der Waals surface area contributed by atoms with Crippen molar-refractivity contribution in [3.05, 3.63) is 124 Å². The molecule has 1 amide bonds. The van der Waals surface area contributed by atoms with Gasteiger partial charge in [-0.2, -0.15) is 0 Å². The van der Waals surface area contributed by atoms with Gasteiger partial charge in [0.25, 0.3) is 11.5 Å². The van der Waals surface area contributed by atoms with Gasteiger partial charge in [-0.25, -0.2) is 4.98 Å². The molecule has 0 saturated heterocycles. The molecule has 0 saturated carbocycles. The second kappa shape index (κ2) is 9.22. The summed E-state index contributed by atoms with van der Waals surface area (Å²) in [5.74, 6) is -0.133. The molecule has 2 aromatic carbocycles. The average molecular weight is 452 g/mol. The van der Waals surface area contributed by atoms with Crippen LogP contribution in [0.15, 0.2) is 101 Å². The van der Waals surface area contributed by atoms with Crippen molar-refractivity contribution in [2.24, 2.45) is 0 Å². The topological polar surface area (TPSA) is 64.0 Å². The van der Waals surface area contributed by atoms with Crippen molar-refractivity contribution in [1.29, 1.82) is 0 Å². The smallest absolute Gasteiger partial charge is 0.252 e. The molecular formula is C27H21N3O2S. The monoisotopic (exact) mass is 451 g/mol. The van der Waals surface area contributed by atoms with Gasteiger partial charge < -0.3 is 9.88 Å². The van der Waals surface area contributed by atoms with E-state index in [9.17, 15) is 9.59 Å². The number of benzene rings is 2. The summed E-state index contributed by atoms with van der Waals surface area (Å²) >= 11 is 1.60. The molecule has 1 N–H and O–H groups in total. The maximum absolute atomic E-state index is 13.1. The number of hydrogen-bond acceptors (Lipinski definition) is 4. The quantitative estimate of drug-likeness (QED) is 0.391. The Labute approximate surface area is 195 Å². The molecule has 0 unspecified atom stereocenters. The summed E-state index contributed by atoms with van der Waals surface area (Å²) < 4.78 is 1.66. The number of pyridine rings is 2. The Balaban J connectivity index is 1.33. The minimum absolute atomic E-state index is 0.0275. The van der Waals surface area contributed by atoms with Crippen molar-refractivity contribution >= 4 is 28.1 Å². The predicted molar refractivity (Wildman–Crippen MR) is 132 cm³/mol. The number of hydrogen-bond donors (Lipinski definition) is 1. The Morgan fingerprint density at radius 2 is 1.70 bits per heavy atom. The molecule has 3 aromatic heterocycles. The van der Waals surface area contributed by atoms with Gasteiger partial charge in [-0.15, -0.1) is 11.3 Å². The zero-order valence-electron chi connectivity index (χ0n) is 17.8. The molecule has 0 aliphatic heterocycles. The lowest BCUT2D eigenvalue weighted by molar-refractivity contribution is 0.0952. The molecule has 33 heavy (non-hydrogen) atoms. The van der Waals surface area contributed by atoms with Gasteiger partial charge in [0.1, 0.15) is 0 Å². The Bertz CT molecular complexity index is 1470. The van der Waals surface area contributed by atoms with Crippen LogP contribution in [-0.2, 0) is 13.1 Å². The third-order valence-electron chi connectivity index (χ3n) is 5.46. The number of thiophene rings is 1. The molecule has 0 bridgehead atoms. The first-order chi connectivity index (χ1) is 16.2. The molecule has 162 valence electrons. The van der Waals surface area contributed by atoms with Gasteiger partial charge >= 0.3 is 0 Å². The molecule has 0 aliphatic carbocycles. The van der Waals surface area contributed by atoms with E-state index in [-0.39, 0.29) is 11.5 Å². The van der Waals surface area contributed by atoms with Crippen LogP contribution in [0, 0.1) is 0 Å². The van der Waals surface area contributed by atoms with Crippen molar-refractivity contribution in [3.63, 3.8) is 0 Å². The van der Waals surface area contributed by atoms with Crippen LogP contribution in [0.25, 0.3) is 21.5 Å². The highest BCUT2D eigenvalue weighted by Crippen LogP contribution is 2.27. The third-order valence-corrected chi connectivity index (χ3v) is 6.35. The van der Waals surface area contributed by atoms with Gasteiger partial charge in [0.2, 0.25) is 0 Å². The lowest BCUT2D eigenvalue weighted by atomic mass is 10.1. The van der Waals surface area contributed by atoms with E-state index >= 15 is 0 Å². The third kappa shape index (κ3) is 4.61. The van der Waals surface area contributed by atoms with Crippen LogP contribution < -0.4 is 10.9 Å². The molecule has 5 rings (SSSR count). The largest absolute Gasteiger partial charge is 0.348 e. The number of rotatable bonds is 6. The van der Waals surface area contributed by atoms with Crippen molar-refractivity contribution in [3.8, 4) is 10.6 Å². The van der Waals surface area contributed by atoms with E-state index in [1.807, 2.05) is 78.2 Å². The van der Waals surface area contributed by atoms with Gasteiger partial charge in [0.15, 0.2) is 0 Å². The molecule has 5 aromatic rings. The van der Waals surface area contributed by atoms with E-state index in [1.165, 1.54) is 0 Å². The maximum atomic E-state index is 13.1. The maximum Gasteiger partial charge on any atom is 0.252 e. The normalized spacial score (nSPS) is 10.9. The lowest BCUT2D eigenvalue weighted by Crippen LogP contribution is -2.23. The van der Waals surface area contributed by atoms with E-state index in [0.717, 1.165) is 32.6 Å². The summed E-state index contributed by atoms with van der Waals surface area (Å²) in [6, 6.07) is 26.6. The van der Waals surface area contributed by atoms with Gasteiger partial charge in [-0.3, -0.25) is 9.59 Å². The van der Waals surface area contributed by atoms with Crippen LogP contribution in [0.3, 0.4) is 0 Å². The number of fused-ring (bicyclic) bond motifs is 1. The molecule has 5 nitrogen and oxygen atoms in total. The molecule has 0 fully saturated rings. The van der Waals surface area contributed by atoms with E-state index in [1.54, 1.807) is 34.2 Å². The molecule has 3 heterocycles. The van der Waals surface area contributed by atoms with E-state index in [2.05, 4.69) is 5.32 Å². The van der Waals surface area contributed by atoms with Crippen LogP contribution in [-0.4, -0.2) is 15.5 Å². The molecular weight excluding hydrogens is 430 g/mol. The fourth-order valence-electron chi connectivity index (χ4n) is 3.74. The van der Waals surface area contributed by atoms with Crippen LogP contribution in [0.2, 0.25) is 0 Å². The zero-order chi connectivity index (χ0) is 22.6. The summed E-state index contributed by atoms with van der Waals surface area (Å²) in [7, 11) is 0. The number of amides is 1. The number of para-hydroxylation sites is 1. The standard InChI is InChI=1S/C27H21N3O2S/c31-26-9-3-4-14-30(26)18-20-12-10-19(11-13-20)17-28-27(32)22-16-24(25-8-5-15-33-25)29-23-7-2-1-6-21(22)23/h1-16H,17-18H2,(H,28,32). The van der Waals surface area contributed by atoms with Gasteiger partial charge in [0.05, 0.1) is 28.2 Å². The van der Waals surface area contributed by atoms with Crippen LogP contribution in [0.1, 0.15) is 21.5 Å². The Kier molecular flexibility index (Phi) is 5.83. The second-order valence-corrected chi connectivity index (χ2v) is 8.66. The highest BCUT2D eigenvalue weighted by atomic mass is 32.1. The van der Waals surface area contributed by atoms with Gasteiger partial charge in [-0.1, -0.05) is 54.6 Å². The number of aromatic nitrogens is 2. The lowest BCUT2D eigenvalue weighted by Gasteiger charge is -2.11. The minimum Gasteiger partial charge on any atom is -0.348 e. The molecule has 0 spiro atoms. The van der Waals surface area contributed by atoms with Crippen LogP contribution in [0.4, 0.5) is 0 Å². The highest BCUT2D eigenvalue weighted by molar-refractivity contribution is 7.13.